The SMILES string of the molecule is N#Cc1c(-c2ccccc2)nc(-c2cc(-c3ccccc3)ccc2-n2c3ccccc3c3c4oc5c(ccc6c5c5ccccc5n6-c5ccccc5)c4ccc32)nc1-c1ccccc1. The van der Waals surface area contributed by atoms with Crippen molar-refractivity contribution in [3.8, 4) is 62.5 Å². The third-order valence-corrected chi connectivity index (χ3v) is 12.8. The zero-order valence-corrected chi connectivity index (χ0v) is 34.9. The molecule has 4 heterocycles. The van der Waals surface area contributed by atoms with Crippen LogP contribution in [0.2, 0.25) is 0 Å². The van der Waals surface area contributed by atoms with E-state index in [1.807, 2.05) is 66.7 Å². The zero-order valence-electron chi connectivity index (χ0n) is 34.9. The van der Waals surface area contributed by atoms with Gasteiger partial charge in [-0.25, -0.2) is 9.97 Å². The van der Waals surface area contributed by atoms with E-state index in [1.54, 1.807) is 0 Å². The third-order valence-electron chi connectivity index (χ3n) is 12.8. The predicted molar refractivity (Wildman–Crippen MR) is 264 cm³/mol. The van der Waals surface area contributed by atoms with Gasteiger partial charge in [-0.15, -0.1) is 0 Å². The Morgan fingerprint density at radius 3 is 1.43 bits per heavy atom. The molecule has 0 unspecified atom stereocenters. The molecule has 13 aromatic rings. The lowest BCUT2D eigenvalue weighted by Crippen LogP contribution is -2.04. The quantitative estimate of drug-likeness (QED) is 0.167. The van der Waals surface area contributed by atoms with E-state index < -0.39 is 0 Å². The molecular formula is C59H35N5O. The fraction of sp³-hybridized carbons (Fsp3) is 0. The largest absolute Gasteiger partial charge is 0.455 e. The first-order valence-electron chi connectivity index (χ1n) is 21.7. The molecule has 0 bridgehead atoms. The van der Waals surface area contributed by atoms with Crippen molar-refractivity contribution < 1.29 is 4.42 Å². The highest BCUT2D eigenvalue weighted by Gasteiger charge is 2.25. The van der Waals surface area contributed by atoms with Gasteiger partial charge in [0.25, 0.3) is 0 Å². The van der Waals surface area contributed by atoms with E-state index in [-0.39, 0.29) is 0 Å². The monoisotopic (exact) mass is 829 g/mol. The topological polar surface area (TPSA) is 72.6 Å². The fourth-order valence-electron chi connectivity index (χ4n) is 9.93. The van der Waals surface area contributed by atoms with E-state index in [0.29, 0.717) is 22.8 Å². The van der Waals surface area contributed by atoms with Crippen molar-refractivity contribution in [3.63, 3.8) is 0 Å². The molecular weight excluding hydrogens is 795 g/mol. The maximum absolute atomic E-state index is 10.8. The van der Waals surface area contributed by atoms with Gasteiger partial charge in [-0.1, -0.05) is 152 Å². The van der Waals surface area contributed by atoms with Crippen LogP contribution in [0, 0.1) is 11.3 Å². The normalized spacial score (nSPS) is 11.7. The number of hydrogen-bond donors (Lipinski definition) is 0. The molecule has 0 aliphatic rings. The summed E-state index contributed by atoms with van der Waals surface area (Å²) < 4.78 is 11.9. The summed E-state index contributed by atoms with van der Waals surface area (Å²) >= 11 is 0. The van der Waals surface area contributed by atoms with Crippen LogP contribution in [0.4, 0.5) is 0 Å². The first-order chi connectivity index (χ1) is 32.2. The highest BCUT2D eigenvalue weighted by Crippen LogP contribution is 2.46. The standard InChI is InChI=1S/C59H35N5O/c60-36-47-55(38-19-7-2-8-20-38)61-59(62-56(47)39-21-9-3-10-22-39)46-35-40(37-17-5-1-6-18-37)29-32-50(46)64-49-28-16-14-26-45(49)54-52(64)34-31-43-42-30-33-51-53(57(42)65-58(43)54)44-25-13-15-27-48(44)63(51)41-23-11-4-12-24-41/h1-35H. The molecule has 0 saturated heterocycles. The Labute approximate surface area is 373 Å². The van der Waals surface area contributed by atoms with Crippen molar-refractivity contribution in [1.29, 1.82) is 5.26 Å². The fourth-order valence-corrected chi connectivity index (χ4v) is 9.93. The van der Waals surface area contributed by atoms with Crippen LogP contribution in [0.5, 0.6) is 0 Å². The number of furan rings is 1. The van der Waals surface area contributed by atoms with Crippen molar-refractivity contribution in [1.82, 2.24) is 19.1 Å². The number of benzene rings is 9. The van der Waals surface area contributed by atoms with Gasteiger partial charge in [-0.05, 0) is 71.8 Å². The molecule has 302 valence electrons. The number of nitrogens with zero attached hydrogens (tertiary/aromatic N) is 5. The Bertz CT molecular complexity index is 3990. The molecule has 4 aromatic heterocycles. The Morgan fingerprint density at radius 1 is 0.400 bits per heavy atom. The van der Waals surface area contributed by atoms with Gasteiger partial charge in [-0.2, -0.15) is 5.26 Å². The highest BCUT2D eigenvalue weighted by molar-refractivity contribution is 6.29. The van der Waals surface area contributed by atoms with Gasteiger partial charge in [0.05, 0.1) is 49.9 Å². The van der Waals surface area contributed by atoms with Gasteiger partial charge in [0.15, 0.2) is 5.82 Å². The lowest BCUT2D eigenvalue weighted by Gasteiger charge is -2.17. The second-order valence-electron chi connectivity index (χ2n) is 16.4. The number of para-hydroxylation sites is 3. The lowest BCUT2D eigenvalue weighted by molar-refractivity contribution is 0.677. The van der Waals surface area contributed by atoms with Crippen molar-refractivity contribution in [2.24, 2.45) is 0 Å². The van der Waals surface area contributed by atoms with Crippen molar-refractivity contribution in [2.45, 2.75) is 0 Å². The van der Waals surface area contributed by atoms with E-state index >= 15 is 0 Å². The predicted octanol–water partition coefficient (Wildman–Crippen LogP) is 15.1. The highest BCUT2D eigenvalue weighted by atomic mass is 16.3. The number of rotatable bonds is 6. The molecule has 0 fully saturated rings. The first-order valence-corrected chi connectivity index (χ1v) is 21.7. The number of fused-ring (bicyclic) bond motifs is 11. The van der Waals surface area contributed by atoms with Crippen LogP contribution >= 0.6 is 0 Å². The molecule has 13 rings (SSSR count). The van der Waals surface area contributed by atoms with Crippen LogP contribution in [-0.2, 0) is 0 Å². The molecule has 6 heteroatoms. The summed E-state index contributed by atoms with van der Waals surface area (Å²) in [6.07, 6.45) is 0. The summed E-state index contributed by atoms with van der Waals surface area (Å²) in [7, 11) is 0. The molecule has 0 N–H and O–H groups in total. The van der Waals surface area contributed by atoms with Crippen LogP contribution in [0.3, 0.4) is 0 Å². The summed E-state index contributed by atoms with van der Waals surface area (Å²) in [5.74, 6) is 0.516. The van der Waals surface area contributed by atoms with Crippen LogP contribution in [0.25, 0.3) is 122 Å². The first kappa shape index (κ1) is 36.6. The molecule has 6 nitrogen and oxygen atoms in total. The molecule has 0 spiro atoms. The minimum Gasteiger partial charge on any atom is -0.455 e. The van der Waals surface area contributed by atoms with Crippen molar-refractivity contribution in [3.05, 3.63) is 218 Å². The number of aromatic nitrogens is 4. The summed E-state index contributed by atoms with van der Waals surface area (Å²) in [5, 5.41) is 17.2. The minimum absolute atomic E-state index is 0.428. The van der Waals surface area contributed by atoms with Crippen LogP contribution in [0.1, 0.15) is 5.56 Å². The number of hydrogen-bond acceptors (Lipinski definition) is 4. The van der Waals surface area contributed by atoms with Crippen molar-refractivity contribution in [2.75, 3.05) is 0 Å². The van der Waals surface area contributed by atoms with E-state index in [0.717, 1.165) is 105 Å². The summed E-state index contributed by atoms with van der Waals surface area (Å²) in [4.78, 5) is 10.6. The summed E-state index contributed by atoms with van der Waals surface area (Å²) in [6, 6.07) is 75.8. The van der Waals surface area contributed by atoms with E-state index in [9.17, 15) is 5.26 Å². The lowest BCUT2D eigenvalue weighted by atomic mass is 9.98. The molecule has 0 amide bonds. The van der Waals surface area contributed by atoms with Gasteiger partial charge < -0.3 is 13.6 Å². The maximum Gasteiger partial charge on any atom is 0.162 e. The van der Waals surface area contributed by atoms with Gasteiger partial charge >= 0.3 is 0 Å². The molecule has 0 aliphatic carbocycles. The average Bonchev–Trinajstić information content (AvgIpc) is 4.04. The summed E-state index contributed by atoms with van der Waals surface area (Å²) in [6.45, 7) is 0. The molecule has 9 aromatic carbocycles. The Kier molecular flexibility index (Phi) is 8.17. The molecule has 0 aliphatic heterocycles. The van der Waals surface area contributed by atoms with E-state index in [1.165, 1.54) is 0 Å². The molecule has 65 heavy (non-hydrogen) atoms. The zero-order chi connectivity index (χ0) is 43.0. The average molecular weight is 830 g/mol. The van der Waals surface area contributed by atoms with Gasteiger partial charge in [0.2, 0.25) is 0 Å². The third kappa shape index (κ3) is 5.59. The van der Waals surface area contributed by atoms with Crippen LogP contribution in [0.15, 0.2) is 217 Å². The van der Waals surface area contributed by atoms with Gasteiger partial charge in [-0.3, -0.25) is 0 Å². The Hall–Kier alpha value is -9.05. The number of nitriles is 1. The van der Waals surface area contributed by atoms with Crippen LogP contribution in [-0.4, -0.2) is 19.1 Å². The Balaban J connectivity index is 1.12. The van der Waals surface area contributed by atoms with E-state index in [4.69, 9.17) is 14.4 Å². The van der Waals surface area contributed by atoms with Crippen LogP contribution < -0.4 is 0 Å². The second kappa shape index (κ2) is 14.5. The Morgan fingerprint density at radius 2 is 0.877 bits per heavy atom. The minimum atomic E-state index is 0.428. The molecule has 0 saturated carbocycles. The molecule has 0 radical (unpaired) electrons. The second-order valence-corrected chi connectivity index (χ2v) is 16.4. The molecule has 0 atom stereocenters. The van der Waals surface area contributed by atoms with Crippen molar-refractivity contribution >= 4 is 65.6 Å². The maximum atomic E-state index is 10.8. The van der Waals surface area contributed by atoms with Gasteiger partial charge in [0, 0.05) is 43.9 Å². The van der Waals surface area contributed by atoms with Gasteiger partial charge in [0.1, 0.15) is 22.8 Å². The van der Waals surface area contributed by atoms with E-state index in [2.05, 4.69) is 161 Å². The smallest absolute Gasteiger partial charge is 0.162 e. The summed E-state index contributed by atoms with van der Waals surface area (Å²) in [5.41, 5.74) is 14.2.